The number of carbonyl (C=O) groups excluding carboxylic acids is 1. The van der Waals surface area contributed by atoms with Gasteiger partial charge < -0.3 is 20.1 Å². The van der Waals surface area contributed by atoms with Crippen molar-refractivity contribution in [1.29, 1.82) is 5.26 Å². The van der Waals surface area contributed by atoms with Crippen LogP contribution < -0.4 is 5.32 Å². The maximum Gasteiger partial charge on any atom is 0.228 e. The number of nitriles is 1. The van der Waals surface area contributed by atoms with E-state index in [9.17, 15) is 15.2 Å². The lowest BCUT2D eigenvalue weighted by molar-refractivity contribution is -0.135. The predicted molar refractivity (Wildman–Crippen MR) is 104 cm³/mol. The van der Waals surface area contributed by atoms with Crippen LogP contribution in [0.3, 0.4) is 0 Å². The third kappa shape index (κ3) is 4.26. The molecular weight excluding hydrogens is 364 g/mol. The van der Waals surface area contributed by atoms with E-state index in [4.69, 9.17) is 4.74 Å². The van der Waals surface area contributed by atoms with Crippen LogP contribution in [0.4, 0.5) is 5.00 Å². The minimum atomic E-state index is -0.122. The number of nitrogens with zero attached hydrogens (tertiary/aromatic N) is 3. The smallest absolute Gasteiger partial charge is 0.228 e. The lowest BCUT2D eigenvalue weighted by Gasteiger charge is -2.27. The van der Waals surface area contributed by atoms with E-state index in [0.717, 1.165) is 36.5 Å². The molecule has 3 atom stereocenters. The lowest BCUT2D eigenvalue weighted by atomic mass is 9.83. The minimum Gasteiger partial charge on any atom is -0.396 e. The van der Waals surface area contributed by atoms with Crippen molar-refractivity contribution < 1.29 is 14.6 Å². The minimum absolute atomic E-state index is 0.0475. The average molecular weight is 393 g/mol. The van der Waals surface area contributed by atoms with Gasteiger partial charge in [-0.3, -0.25) is 4.79 Å². The predicted octanol–water partition coefficient (Wildman–Crippen LogP) is 2.15. The fourth-order valence-electron chi connectivity index (χ4n) is 4.17. The van der Waals surface area contributed by atoms with Crippen LogP contribution >= 0.6 is 11.5 Å². The Morgan fingerprint density at radius 1 is 1.59 bits per heavy atom. The Labute approximate surface area is 164 Å². The van der Waals surface area contributed by atoms with E-state index in [1.165, 1.54) is 11.5 Å². The second kappa shape index (κ2) is 8.55. The van der Waals surface area contributed by atoms with Crippen LogP contribution in [0.5, 0.6) is 0 Å². The number of aliphatic hydroxyl groups is 1. The van der Waals surface area contributed by atoms with Crippen molar-refractivity contribution >= 4 is 22.4 Å². The van der Waals surface area contributed by atoms with E-state index < -0.39 is 0 Å². The molecule has 148 valence electrons. The SMILES string of the molecule is CCCC1(CO)CCN(C(=O)[C@@H]2CO[C@H](CNc3snc(C)c3C#N)C2)C1. The number of hydrogen-bond acceptors (Lipinski definition) is 7. The molecule has 1 unspecified atom stereocenters. The Bertz CT molecular complexity index is 716. The number of ether oxygens (including phenoxy) is 1. The lowest BCUT2D eigenvalue weighted by Crippen LogP contribution is -2.38. The molecule has 2 N–H and O–H groups in total. The summed E-state index contributed by atoms with van der Waals surface area (Å²) < 4.78 is 10.0. The third-order valence-electron chi connectivity index (χ3n) is 5.76. The van der Waals surface area contributed by atoms with Crippen LogP contribution in [0.1, 0.15) is 43.9 Å². The van der Waals surface area contributed by atoms with Crippen molar-refractivity contribution in [2.75, 3.05) is 38.2 Å². The largest absolute Gasteiger partial charge is 0.396 e. The summed E-state index contributed by atoms with van der Waals surface area (Å²) in [6.45, 7) is 6.47. The Balaban J connectivity index is 1.51. The van der Waals surface area contributed by atoms with E-state index in [2.05, 4.69) is 22.7 Å². The van der Waals surface area contributed by atoms with Gasteiger partial charge in [-0.2, -0.15) is 9.64 Å². The number of nitrogens with one attached hydrogen (secondary N) is 1. The zero-order chi connectivity index (χ0) is 19.4. The van der Waals surface area contributed by atoms with Crippen LogP contribution in [0.25, 0.3) is 0 Å². The zero-order valence-electron chi connectivity index (χ0n) is 16.0. The van der Waals surface area contributed by atoms with Crippen molar-refractivity contribution in [1.82, 2.24) is 9.27 Å². The van der Waals surface area contributed by atoms with Crippen molar-refractivity contribution in [3.63, 3.8) is 0 Å². The molecule has 3 rings (SSSR count). The summed E-state index contributed by atoms with van der Waals surface area (Å²) in [5.41, 5.74) is 1.19. The first kappa shape index (κ1) is 20.1. The number of likely N-dealkylation sites (tertiary alicyclic amines) is 1. The van der Waals surface area contributed by atoms with Gasteiger partial charge in [0.05, 0.1) is 30.9 Å². The third-order valence-corrected chi connectivity index (χ3v) is 6.66. The highest BCUT2D eigenvalue weighted by Crippen LogP contribution is 2.36. The molecule has 27 heavy (non-hydrogen) atoms. The first-order valence-electron chi connectivity index (χ1n) is 9.63. The van der Waals surface area contributed by atoms with Gasteiger partial charge in [-0.25, -0.2) is 0 Å². The fourth-order valence-corrected chi connectivity index (χ4v) is 4.92. The fraction of sp³-hybridized carbons (Fsp3) is 0.737. The number of rotatable bonds is 7. The van der Waals surface area contributed by atoms with Gasteiger partial charge in [0.2, 0.25) is 5.91 Å². The summed E-state index contributed by atoms with van der Waals surface area (Å²) in [7, 11) is 0. The number of carbonyl (C=O) groups is 1. The Kier molecular flexibility index (Phi) is 6.35. The second-order valence-electron chi connectivity index (χ2n) is 7.77. The molecule has 0 bridgehead atoms. The van der Waals surface area contributed by atoms with Crippen molar-refractivity contribution in [3.05, 3.63) is 11.3 Å². The molecule has 1 aromatic rings. The van der Waals surface area contributed by atoms with Crippen molar-refractivity contribution in [2.45, 2.75) is 45.6 Å². The monoisotopic (exact) mass is 392 g/mol. The summed E-state index contributed by atoms with van der Waals surface area (Å²) in [5, 5.41) is 23.0. The van der Waals surface area contributed by atoms with E-state index in [1.807, 2.05) is 11.8 Å². The van der Waals surface area contributed by atoms with E-state index in [1.54, 1.807) is 0 Å². The van der Waals surface area contributed by atoms with Crippen LogP contribution in [-0.4, -0.2) is 59.2 Å². The summed E-state index contributed by atoms with van der Waals surface area (Å²) in [6, 6.07) is 2.17. The van der Waals surface area contributed by atoms with Gasteiger partial charge in [-0.15, -0.1) is 0 Å². The highest BCUT2D eigenvalue weighted by Gasteiger charge is 2.42. The van der Waals surface area contributed by atoms with E-state index in [0.29, 0.717) is 31.7 Å². The summed E-state index contributed by atoms with van der Waals surface area (Å²) in [5.74, 6) is 0.0295. The van der Waals surface area contributed by atoms with Gasteiger partial charge in [0.15, 0.2) is 0 Å². The summed E-state index contributed by atoms with van der Waals surface area (Å²) >= 11 is 1.28. The maximum absolute atomic E-state index is 12.9. The number of aromatic nitrogens is 1. The number of anilines is 1. The quantitative estimate of drug-likeness (QED) is 0.738. The molecule has 0 radical (unpaired) electrons. The van der Waals surface area contributed by atoms with Gasteiger partial charge in [-0.1, -0.05) is 13.3 Å². The van der Waals surface area contributed by atoms with Crippen LogP contribution in [0.2, 0.25) is 0 Å². The summed E-state index contributed by atoms with van der Waals surface area (Å²) in [4.78, 5) is 14.8. The molecule has 1 amide bonds. The van der Waals surface area contributed by atoms with Gasteiger partial charge in [0.25, 0.3) is 0 Å². The topological polar surface area (TPSA) is 98.5 Å². The second-order valence-corrected chi connectivity index (χ2v) is 8.54. The maximum atomic E-state index is 12.9. The van der Waals surface area contributed by atoms with Gasteiger partial charge in [0.1, 0.15) is 16.6 Å². The Morgan fingerprint density at radius 2 is 2.41 bits per heavy atom. The van der Waals surface area contributed by atoms with Crippen LogP contribution in [0, 0.1) is 29.6 Å². The molecule has 2 aliphatic heterocycles. The summed E-state index contributed by atoms with van der Waals surface area (Å²) in [6.07, 6.45) is 3.49. The molecule has 2 saturated heterocycles. The molecule has 0 spiro atoms. The molecule has 0 aliphatic carbocycles. The molecule has 2 fully saturated rings. The van der Waals surface area contributed by atoms with Crippen LogP contribution in [-0.2, 0) is 9.53 Å². The molecular formula is C19H28N4O3S. The molecule has 3 heterocycles. The highest BCUT2D eigenvalue weighted by molar-refractivity contribution is 7.10. The van der Waals surface area contributed by atoms with Crippen molar-refractivity contribution in [3.8, 4) is 6.07 Å². The highest BCUT2D eigenvalue weighted by atomic mass is 32.1. The average Bonchev–Trinajstić information content (AvgIpc) is 3.38. The Hall–Kier alpha value is -1.69. The number of aliphatic hydroxyl groups excluding tert-OH is 1. The molecule has 7 nitrogen and oxygen atoms in total. The first-order valence-corrected chi connectivity index (χ1v) is 10.4. The van der Waals surface area contributed by atoms with Gasteiger partial charge >= 0.3 is 0 Å². The standard InChI is InChI=1S/C19H28N4O3S/c1-3-4-19(12-24)5-6-23(11-19)18(25)14-7-15(26-10-14)9-21-17-16(8-20)13(2)22-27-17/h14-15,21,24H,3-7,9-12H2,1-2H3/t14-,15-,19?/m0/s1. The number of hydrogen-bond donors (Lipinski definition) is 2. The van der Waals surface area contributed by atoms with Crippen LogP contribution in [0.15, 0.2) is 0 Å². The first-order chi connectivity index (χ1) is 13.0. The zero-order valence-corrected chi connectivity index (χ0v) is 16.8. The number of aryl methyl sites for hydroxylation is 1. The molecule has 0 aromatic carbocycles. The Morgan fingerprint density at radius 3 is 3.11 bits per heavy atom. The molecule has 1 aromatic heterocycles. The van der Waals surface area contributed by atoms with Crippen molar-refractivity contribution in [2.24, 2.45) is 11.3 Å². The van der Waals surface area contributed by atoms with E-state index in [-0.39, 0.29) is 30.0 Å². The van der Waals surface area contributed by atoms with Gasteiger partial charge in [-0.05, 0) is 37.7 Å². The molecule has 2 aliphatic rings. The van der Waals surface area contributed by atoms with E-state index >= 15 is 0 Å². The van der Waals surface area contributed by atoms with Gasteiger partial charge in [0, 0.05) is 25.0 Å². The number of amides is 1. The molecule has 8 heteroatoms. The normalized spacial score (nSPS) is 27.7. The molecule has 0 saturated carbocycles.